The van der Waals surface area contributed by atoms with Gasteiger partial charge in [0.25, 0.3) is 5.56 Å². The van der Waals surface area contributed by atoms with E-state index in [1.807, 2.05) is 38.2 Å². The lowest BCUT2D eigenvalue weighted by atomic mass is 9.64. The van der Waals surface area contributed by atoms with E-state index in [9.17, 15) is 19.5 Å². The van der Waals surface area contributed by atoms with E-state index < -0.39 is 34.6 Å². The van der Waals surface area contributed by atoms with Gasteiger partial charge in [-0.05, 0) is 49.1 Å². The quantitative estimate of drug-likeness (QED) is 0.396. The maximum atomic E-state index is 13.7. The van der Waals surface area contributed by atoms with Crippen molar-refractivity contribution >= 4 is 27.8 Å². The van der Waals surface area contributed by atoms with Crippen molar-refractivity contribution in [3.8, 4) is 0 Å². The van der Waals surface area contributed by atoms with E-state index in [2.05, 4.69) is 9.97 Å². The topological polar surface area (TPSA) is 108 Å². The first-order valence-corrected chi connectivity index (χ1v) is 11.9. The highest BCUT2D eigenvalue weighted by Crippen LogP contribution is 2.51. The van der Waals surface area contributed by atoms with Gasteiger partial charge in [0, 0.05) is 23.0 Å². The van der Waals surface area contributed by atoms with Crippen LogP contribution >= 0.6 is 0 Å². The number of rotatable bonds is 5. The molecule has 3 N–H and O–H groups in total. The Bertz CT molecular complexity index is 1500. The first kappa shape index (κ1) is 22.2. The van der Waals surface area contributed by atoms with E-state index >= 15 is 0 Å². The summed E-state index contributed by atoms with van der Waals surface area (Å²) in [6.07, 6.45) is 5.21. The van der Waals surface area contributed by atoms with Gasteiger partial charge in [-0.25, -0.2) is 4.79 Å². The highest BCUT2D eigenvalue weighted by molar-refractivity contribution is 5.87. The smallest absolute Gasteiger partial charge is 0.329 e. The molecule has 0 radical (unpaired) electrons. The van der Waals surface area contributed by atoms with Crippen molar-refractivity contribution < 1.29 is 9.90 Å². The molecule has 0 bridgehead atoms. The van der Waals surface area contributed by atoms with Gasteiger partial charge in [-0.1, -0.05) is 50.5 Å². The molecule has 0 amide bonds. The van der Waals surface area contributed by atoms with Gasteiger partial charge in [0.2, 0.25) is 0 Å². The van der Waals surface area contributed by atoms with E-state index in [4.69, 9.17) is 0 Å². The Labute approximate surface area is 196 Å². The number of aryl methyl sites for hydroxylation is 1. The SMILES string of the molecule is Cc1cccc2[nH]cc(C(C)C(n3c(=O)[nH]c4ccccc4c3=O)C3(C(=O)O)CCCCC3)c12. The summed E-state index contributed by atoms with van der Waals surface area (Å²) in [7, 11) is 0. The van der Waals surface area contributed by atoms with Crippen molar-refractivity contribution in [2.24, 2.45) is 5.41 Å². The highest BCUT2D eigenvalue weighted by Gasteiger charge is 2.51. The first-order valence-electron chi connectivity index (χ1n) is 11.9. The predicted molar refractivity (Wildman–Crippen MR) is 132 cm³/mol. The molecule has 7 nitrogen and oxygen atoms in total. The van der Waals surface area contributed by atoms with Crippen LogP contribution in [0.5, 0.6) is 0 Å². The van der Waals surface area contributed by atoms with Crippen molar-refractivity contribution in [2.75, 3.05) is 0 Å². The minimum atomic E-state index is -1.22. The largest absolute Gasteiger partial charge is 0.481 e. The second-order valence-electron chi connectivity index (χ2n) is 9.65. The molecule has 1 fully saturated rings. The summed E-state index contributed by atoms with van der Waals surface area (Å²) in [5.41, 5.74) is 1.16. The van der Waals surface area contributed by atoms with Crippen molar-refractivity contribution in [1.82, 2.24) is 14.5 Å². The van der Waals surface area contributed by atoms with E-state index in [1.54, 1.807) is 24.3 Å². The van der Waals surface area contributed by atoms with E-state index in [1.165, 1.54) is 4.57 Å². The first-order chi connectivity index (χ1) is 16.3. The number of para-hydroxylation sites is 1. The van der Waals surface area contributed by atoms with Gasteiger partial charge >= 0.3 is 11.7 Å². The van der Waals surface area contributed by atoms with Gasteiger partial charge in [-0.15, -0.1) is 0 Å². The van der Waals surface area contributed by atoms with Gasteiger partial charge < -0.3 is 15.1 Å². The number of benzene rings is 2. The summed E-state index contributed by atoms with van der Waals surface area (Å²) in [6, 6.07) is 12.0. The number of hydrogen-bond acceptors (Lipinski definition) is 3. The maximum Gasteiger partial charge on any atom is 0.329 e. The second-order valence-corrected chi connectivity index (χ2v) is 9.65. The van der Waals surface area contributed by atoms with E-state index in [-0.39, 0.29) is 0 Å². The average molecular weight is 460 g/mol. The molecular weight excluding hydrogens is 430 g/mol. The fourth-order valence-corrected chi connectivity index (χ4v) is 6.12. The van der Waals surface area contributed by atoms with Crippen LogP contribution in [0, 0.1) is 12.3 Å². The molecule has 0 spiro atoms. The molecule has 7 heteroatoms. The zero-order chi connectivity index (χ0) is 24.0. The number of fused-ring (bicyclic) bond motifs is 2. The Hall–Kier alpha value is -3.61. The predicted octanol–water partition coefficient (Wildman–Crippen LogP) is 4.86. The Balaban J connectivity index is 1.82. The number of nitrogens with one attached hydrogen (secondary N) is 2. The van der Waals surface area contributed by atoms with Gasteiger partial charge in [0.1, 0.15) is 0 Å². The van der Waals surface area contributed by atoms with Crippen LogP contribution in [0.2, 0.25) is 0 Å². The molecule has 0 aliphatic heterocycles. The standard InChI is InChI=1S/C27H29N3O4/c1-16-9-8-12-21-22(16)19(15-28-21)17(2)23(27(25(32)33)13-6-3-7-14-27)30-24(31)18-10-4-5-11-20(18)29-26(30)34/h4-5,8-12,15,17,23,28H,3,6-7,13-14H2,1-2H3,(H,29,34)(H,32,33). The van der Waals surface area contributed by atoms with Crippen molar-refractivity contribution in [2.45, 2.75) is 57.9 Å². The van der Waals surface area contributed by atoms with Crippen molar-refractivity contribution in [3.63, 3.8) is 0 Å². The van der Waals surface area contributed by atoms with Crippen LogP contribution in [-0.2, 0) is 4.79 Å². The summed E-state index contributed by atoms with van der Waals surface area (Å²) >= 11 is 0. The van der Waals surface area contributed by atoms with Crippen LogP contribution in [0.1, 0.15) is 62.1 Å². The maximum absolute atomic E-state index is 13.7. The Morgan fingerprint density at radius 1 is 1.03 bits per heavy atom. The number of nitrogens with zero attached hydrogens (tertiary/aromatic N) is 1. The lowest BCUT2D eigenvalue weighted by Gasteiger charge is -2.43. The Morgan fingerprint density at radius 2 is 1.74 bits per heavy atom. The second kappa shape index (κ2) is 8.31. The molecular formula is C27H29N3O4. The van der Waals surface area contributed by atoms with Crippen LogP contribution in [0.3, 0.4) is 0 Å². The molecule has 0 saturated heterocycles. The third-order valence-electron chi connectivity index (χ3n) is 7.76. The minimum absolute atomic E-state index is 0.380. The third-order valence-corrected chi connectivity index (χ3v) is 7.76. The van der Waals surface area contributed by atoms with Crippen molar-refractivity contribution in [1.29, 1.82) is 0 Å². The summed E-state index contributed by atoms with van der Waals surface area (Å²) < 4.78 is 1.20. The molecule has 34 heavy (non-hydrogen) atoms. The molecule has 2 atom stereocenters. The van der Waals surface area contributed by atoms with Crippen LogP contribution in [0.25, 0.3) is 21.8 Å². The molecule has 4 aromatic rings. The number of H-pyrrole nitrogens is 2. The molecule has 1 saturated carbocycles. The highest BCUT2D eigenvalue weighted by atomic mass is 16.4. The van der Waals surface area contributed by atoms with Crippen LogP contribution in [-0.4, -0.2) is 25.6 Å². The molecule has 176 valence electrons. The monoisotopic (exact) mass is 459 g/mol. The Kier molecular flexibility index (Phi) is 5.42. The van der Waals surface area contributed by atoms with Crippen LogP contribution in [0.4, 0.5) is 0 Å². The molecule has 1 aliphatic carbocycles. The molecule has 2 aromatic heterocycles. The average Bonchev–Trinajstić information content (AvgIpc) is 3.27. The summed E-state index contributed by atoms with van der Waals surface area (Å²) in [6.45, 7) is 3.96. The molecule has 5 rings (SSSR count). The van der Waals surface area contributed by atoms with Gasteiger partial charge in [-0.2, -0.15) is 0 Å². The molecule has 1 aliphatic rings. The number of aliphatic carboxylic acids is 1. The third kappa shape index (κ3) is 3.30. The van der Waals surface area contributed by atoms with Crippen LogP contribution < -0.4 is 11.2 Å². The fraction of sp³-hybridized carbons (Fsp3) is 0.370. The number of aromatic amines is 2. The Morgan fingerprint density at radius 3 is 2.47 bits per heavy atom. The van der Waals surface area contributed by atoms with Gasteiger partial charge in [0.05, 0.1) is 22.4 Å². The van der Waals surface area contributed by atoms with E-state index in [0.29, 0.717) is 23.7 Å². The summed E-state index contributed by atoms with van der Waals surface area (Å²) in [5, 5.41) is 12.0. The molecule has 2 heterocycles. The van der Waals surface area contributed by atoms with Crippen molar-refractivity contribution in [3.05, 3.63) is 80.6 Å². The minimum Gasteiger partial charge on any atom is -0.481 e. The van der Waals surface area contributed by atoms with E-state index in [0.717, 1.165) is 41.3 Å². The zero-order valence-electron chi connectivity index (χ0n) is 19.4. The number of carboxylic acids is 1. The fourth-order valence-electron chi connectivity index (χ4n) is 6.12. The number of carboxylic acid groups (broad SMARTS) is 1. The molecule has 2 unspecified atom stereocenters. The number of aromatic nitrogens is 3. The zero-order valence-corrected chi connectivity index (χ0v) is 19.4. The normalized spacial score (nSPS) is 17.6. The summed E-state index contributed by atoms with van der Waals surface area (Å²) in [5.74, 6) is -1.34. The lowest BCUT2D eigenvalue weighted by molar-refractivity contribution is -0.155. The van der Waals surface area contributed by atoms with Gasteiger partial charge in [-0.3, -0.25) is 14.2 Å². The van der Waals surface area contributed by atoms with Crippen LogP contribution in [0.15, 0.2) is 58.3 Å². The lowest BCUT2D eigenvalue weighted by Crippen LogP contribution is -2.51. The number of carbonyl (C=O) groups is 1. The molecule has 2 aromatic carbocycles. The number of hydrogen-bond donors (Lipinski definition) is 3. The summed E-state index contributed by atoms with van der Waals surface area (Å²) in [4.78, 5) is 46.2. The van der Waals surface area contributed by atoms with Gasteiger partial charge in [0.15, 0.2) is 0 Å².